The summed E-state index contributed by atoms with van der Waals surface area (Å²) in [6.45, 7) is 2.79. The van der Waals surface area contributed by atoms with Gasteiger partial charge in [-0.1, -0.05) is 74.0 Å². The predicted octanol–water partition coefficient (Wildman–Crippen LogP) is 4.21. The first-order valence-corrected chi connectivity index (χ1v) is 9.26. The molecule has 0 aromatic heterocycles. The van der Waals surface area contributed by atoms with Crippen LogP contribution in [0.2, 0.25) is 0 Å². The highest BCUT2D eigenvalue weighted by Gasteiger charge is 2.26. The van der Waals surface area contributed by atoms with Gasteiger partial charge in [0, 0.05) is 20.0 Å². The zero-order chi connectivity index (χ0) is 19.5. The minimum atomic E-state index is -0.979. The van der Waals surface area contributed by atoms with E-state index in [1.807, 2.05) is 60.7 Å². The highest BCUT2D eigenvalue weighted by molar-refractivity contribution is 5.79. The van der Waals surface area contributed by atoms with E-state index in [2.05, 4.69) is 6.92 Å². The van der Waals surface area contributed by atoms with Crippen molar-refractivity contribution in [2.75, 3.05) is 13.6 Å². The minimum Gasteiger partial charge on any atom is -0.458 e. The number of esters is 1. The van der Waals surface area contributed by atoms with Crippen LogP contribution >= 0.6 is 0 Å². The molecule has 0 saturated carbocycles. The van der Waals surface area contributed by atoms with Gasteiger partial charge in [-0.25, -0.2) is 9.59 Å². The van der Waals surface area contributed by atoms with Gasteiger partial charge in [0.15, 0.2) is 0 Å². The van der Waals surface area contributed by atoms with Crippen LogP contribution < -0.4 is 0 Å². The first kappa shape index (κ1) is 20.5. The van der Waals surface area contributed by atoms with Crippen molar-refractivity contribution in [3.8, 4) is 0 Å². The molecule has 0 aliphatic rings. The van der Waals surface area contributed by atoms with Gasteiger partial charge in [-0.3, -0.25) is 0 Å². The topological polar surface area (TPSA) is 55.8 Å². The molecule has 27 heavy (non-hydrogen) atoms. The molecule has 144 valence electrons. The van der Waals surface area contributed by atoms with Gasteiger partial charge in [0.05, 0.1) is 0 Å². The fourth-order valence-corrected chi connectivity index (χ4v) is 2.52. The number of amides is 1. The molecular weight excluding hydrogens is 342 g/mol. The lowest BCUT2D eigenvalue weighted by atomic mass is 10.1. The lowest BCUT2D eigenvalue weighted by Gasteiger charge is -2.22. The van der Waals surface area contributed by atoms with E-state index in [0.29, 0.717) is 6.54 Å². The van der Waals surface area contributed by atoms with Gasteiger partial charge in [-0.05, 0) is 17.5 Å². The molecule has 0 aliphatic heterocycles. The lowest BCUT2D eigenvalue weighted by Crippen LogP contribution is -2.37. The summed E-state index contributed by atoms with van der Waals surface area (Å²) in [5, 5.41) is 0. The second kappa shape index (κ2) is 11.0. The Bertz CT molecular complexity index is 703. The third-order valence-corrected chi connectivity index (χ3v) is 4.15. The van der Waals surface area contributed by atoms with E-state index in [1.54, 1.807) is 7.05 Å². The molecule has 2 rings (SSSR count). The van der Waals surface area contributed by atoms with Crippen LogP contribution in [0.15, 0.2) is 60.7 Å². The standard InChI is InChI=1S/C22H27NO4/c1-3-4-15-23(2)22(25)27-20(16-18-11-7-5-8-12-18)21(24)26-17-19-13-9-6-10-14-19/h5-14,20H,3-4,15-17H2,1-2H3/t20-/m0/s1. The molecule has 0 aliphatic carbocycles. The van der Waals surface area contributed by atoms with Crippen molar-refractivity contribution in [1.29, 1.82) is 0 Å². The van der Waals surface area contributed by atoms with E-state index >= 15 is 0 Å². The quantitative estimate of drug-likeness (QED) is 0.621. The molecule has 0 unspecified atom stereocenters. The normalized spacial score (nSPS) is 11.5. The summed E-state index contributed by atoms with van der Waals surface area (Å²) in [5.74, 6) is -0.542. The van der Waals surface area contributed by atoms with Crippen molar-refractivity contribution >= 4 is 12.1 Å². The third-order valence-electron chi connectivity index (χ3n) is 4.15. The number of hydrogen-bond donors (Lipinski definition) is 0. The molecule has 0 fully saturated rings. The van der Waals surface area contributed by atoms with Crippen LogP contribution in [0.4, 0.5) is 4.79 Å². The zero-order valence-electron chi connectivity index (χ0n) is 16.0. The second-order valence-electron chi connectivity index (χ2n) is 6.43. The molecule has 2 aromatic carbocycles. The Kier molecular flexibility index (Phi) is 8.36. The number of ether oxygens (including phenoxy) is 2. The van der Waals surface area contributed by atoms with Crippen molar-refractivity contribution in [3.63, 3.8) is 0 Å². The minimum absolute atomic E-state index is 0.147. The van der Waals surface area contributed by atoms with E-state index in [-0.39, 0.29) is 13.0 Å². The maximum Gasteiger partial charge on any atom is 0.410 e. The molecule has 5 heteroatoms. The Morgan fingerprint density at radius 2 is 1.56 bits per heavy atom. The van der Waals surface area contributed by atoms with Gasteiger partial charge in [0.25, 0.3) is 0 Å². The van der Waals surface area contributed by atoms with E-state index in [9.17, 15) is 9.59 Å². The lowest BCUT2D eigenvalue weighted by molar-refractivity contribution is -0.155. The number of hydrogen-bond acceptors (Lipinski definition) is 4. The number of nitrogens with zero attached hydrogens (tertiary/aromatic N) is 1. The van der Waals surface area contributed by atoms with Gasteiger partial charge >= 0.3 is 12.1 Å². The Morgan fingerprint density at radius 1 is 0.963 bits per heavy atom. The molecule has 1 amide bonds. The summed E-state index contributed by atoms with van der Waals surface area (Å²) in [4.78, 5) is 26.4. The summed E-state index contributed by atoms with van der Waals surface area (Å²) in [6.07, 6.45) is 0.646. The molecule has 0 N–H and O–H groups in total. The third kappa shape index (κ3) is 7.13. The van der Waals surface area contributed by atoms with Gasteiger partial charge < -0.3 is 14.4 Å². The van der Waals surface area contributed by atoms with Crippen molar-refractivity contribution in [1.82, 2.24) is 4.90 Å². The number of benzene rings is 2. The van der Waals surface area contributed by atoms with Crippen LogP contribution in [0.3, 0.4) is 0 Å². The molecule has 1 atom stereocenters. The van der Waals surface area contributed by atoms with Crippen LogP contribution in [0.1, 0.15) is 30.9 Å². The smallest absolute Gasteiger partial charge is 0.410 e. The van der Waals surface area contributed by atoms with Crippen molar-refractivity contribution in [2.45, 2.75) is 38.9 Å². The van der Waals surface area contributed by atoms with Crippen LogP contribution in [-0.2, 0) is 27.3 Å². The van der Waals surface area contributed by atoms with E-state index in [4.69, 9.17) is 9.47 Å². The number of unbranched alkanes of at least 4 members (excludes halogenated alkanes) is 1. The van der Waals surface area contributed by atoms with Gasteiger partial charge in [-0.15, -0.1) is 0 Å². The first-order valence-electron chi connectivity index (χ1n) is 9.26. The molecule has 0 heterocycles. The van der Waals surface area contributed by atoms with Crippen molar-refractivity contribution in [3.05, 3.63) is 71.8 Å². The van der Waals surface area contributed by atoms with Gasteiger partial charge in [0.1, 0.15) is 6.61 Å². The molecule has 0 spiro atoms. The number of carbonyl (C=O) groups is 2. The van der Waals surface area contributed by atoms with E-state index in [1.165, 1.54) is 4.90 Å². The first-order chi connectivity index (χ1) is 13.1. The summed E-state index contributed by atoms with van der Waals surface area (Å²) >= 11 is 0. The molecule has 0 bridgehead atoms. The molecule has 2 aromatic rings. The van der Waals surface area contributed by atoms with E-state index < -0.39 is 18.2 Å². The molecule has 5 nitrogen and oxygen atoms in total. The Hall–Kier alpha value is -2.82. The van der Waals surface area contributed by atoms with Crippen LogP contribution in [-0.4, -0.2) is 36.7 Å². The average molecular weight is 369 g/mol. The summed E-state index contributed by atoms with van der Waals surface area (Å²) in [7, 11) is 1.67. The number of carbonyl (C=O) groups excluding carboxylic acids is 2. The van der Waals surface area contributed by atoms with Crippen molar-refractivity contribution < 1.29 is 19.1 Å². The zero-order valence-corrected chi connectivity index (χ0v) is 16.0. The van der Waals surface area contributed by atoms with Crippen LogP contribution in [0, 0.1) is 0 Å². The highest BCUT2D eigenvalue weighted by Crippen LogP contribution is 2.11. The van der Waals surface area contributed by atoms with Crippen LogP contribution in [0.5, 0.6) is 0 Å². The Balaban J connectivity index is 2.01. The summed E-state index contributed by atoms with van der Waals surface area (Å²) < 4.78 is 10.9. The van der Waals surface area contributed by atoms with E-state index in [0.717, 1.165) is 24.0 Å². The summed E-state index contributed by atoms with van der Waals surface area (Å²) in [5.41, 5.74) is 1.79. The Morgan fingerprint density at radius 3 is 2.15 bits per heavy atom. The summed E-state index contributed by atoms with van der Waals surface area (Å²) in [6, 6.07) is 18.9. The Labute approximate surface area is 160 Å². The molecule has 0 saturated heterocycles. The molecule has 0 radical (unpaired) electrons. The van der Waals surface area contributed by atoms with Crippen LogP contribution in [0.25, 0.3) is 0 Å². The van der Waals surface area contributed by atoms with Gasteiger partial charge in [0.2, 0.25) is 6.10 Å². The SMILES string of the molecule is CCCCN(C)C(=O)O[C@@H](Cc1ccccc1)C(=O)OCc1ccccc1. The fourth-order valence-electron chi connectivity index (χ4n) is 2.52. The maximum atomic E-state index is 12.6. The number of rotatable bonds is 9. The van der Waals surface area contributed by atoms with Crippen molar-refractivity contribution in [2.24, 2.45) is 0 Å². The average Bonchev–Trinajstić information content (AvgIpc) is 2.71. The van der Waals surface area contributed by atoms with Gasteiger partial charge in [-0.2, -0.15) is 0 Å². The second-order valence-corrected chi connectivity index (χ2v) is 6.43. The predicted molar refractivity (Wildman–Crippen MR) is 104 cm³/mol. The largest absolute Gasteiger partial charge is 0.458 e. The maximum absolute atomic E-state index is 12.6. The highest BCUT2D eigenvalue weighted by atomic mass is 16.6. The molecular formula is C22H27NO4. The fraction of sp³-hybridized carbons (Fsp3) is 0.364. The monoisotopic (exact) mass is 369 g/mol.